The number of allylic oxidation sites excluding steroid dienone is 1. The van der Waals surface area contributed by atoms with Crippen molar-refractivity contribution < 1.29 is 13.5 Å². The van der Waals surface area contributed by atoms with Crippen molar-refractivity contribution in [1.29, 1.82) is 5.41 Å². The summed E-state index contributed by atoms with van der Waals surface area (Å²) in [5.74, 6) is -0.846. The van der Waals surface area contributed by atoms with Crippen LogP contribution in [0.3, 0.4) is 0 Å². The summed E-state index contributed by atoms with van der Waals surface area (Å²) in [6, 6.07) is 3.36. The van der Waals surface area contributed by atoms with Crippen LogP contribution in [0.5, 0.6) is 5.75 Å². The number of nitrogens with zero attached hydrogens (tertiary/aromatic N) is 4. The highest BCUT2D eigenvalue weighted by Crippen LogP contribution is 2.32. The molecule has 0 amide bonds. The molecule has 10 heteroatoms. The number of halogens is 2. The molecule has 0 saturated carbocycles. The third kappa shape index (κ3) is 5.27. The van der Waals surface area contributed by atoms with Crippen molar-refractivity contribution in [3.63, 3.8) is 0 Å². The summed E-state index contributed by atoms with van der Waals surface area (Å²) in [7, 11) is 0. The van der Waals surface area contributed by atoms with Crippen LogP contribution < -0.4 is 15.4 Å². The van der Waals surface area contributed by atoms with Gasteiger partial charge in [-0.1, -0.05) is 18.0 Å². The molecule has 1 fully saturated rings. The largest absolute Gasteiger partial charge is 0.487 e. The van der Waals surface area contributed by atoms with Gasteiger partial charge in [-0.2, -0.15) is 0 Å². The van der Waals surface area contributed by atoms with Gasteiger partial charge in [-0.15, -0.1) is 0 Å². The van der Waals surface area contributed by atoms with Crippen molar-refractivity contribution in [2.24, 2.45) is 5.73 Å². The summed E-state index contributed by atoms with van der Waals surface area (Å²) in [6.07, 6.45) is 8.53. The van der Waals surface area contributed by atoms with Crippen LogP contribution in [0.15, 0.2) is 30.5 Å². The van der Waals surface area contributed by atoms with Crippen LogP contribution in [0.25, 0.3) is 0 Å². The van der Waals surface area contributed by atoms with Crippen molar-refractivity contribution in [2.75, 3.05) is 30.8 Å². The van der Waals surface area contributed by atoms with Crippen LogP contribution in [0.2, 0.25) is 0 Å². The lowest BCUT2D eigenvalue weighted by Crippen LogP contribution is -2.40. The quantitative estimate of drug-likeness (QED) is 0.468. The fourth-order valence-electron chi connectivity index (χ4n) is 4.21. The minimum atomic E-state index is -0.693. The Balaban J connectivity index is 1.55. The number of hydrogen-bond donors (Lipinski definition) is 2. The zero-order chi connectivity index (χ0) is 23.4. The second-order valence-corrected chi connectivity index (χ2v) is 8.96. The highest BCUT2D eigenvalue weighted by Gasteiger charge is 2.29. The smallest absolute Gasteiger partial charge is 0.167 e. The molecule has 1 saturated heterocycles. The minimum absolute atomic E-state index is 0.0689. The summed E-state index contributed by atoms with van der Waals surface area (Å²) < 4.78 is 35.2. The number of nitrogens with two attached hydrogens (primary N) is 1. The molecular weight excluding hydrogens is 446 g/mol. The first-order chi connectivity index (χ1) is 16.0. The molecule has 7 nitrogen and oxygen atoms in total. The van der Waals surface area contributed by atoms with E-state index in [0.29, 0.717) is 32.5 Å². The van der Waals surface area contributed by atoms with Crippen molar-refractivity contribution in [2.45, 2.75) is 37.8 Å². The number of fused-ring (bicyclic) bond motifs is 1. The fraction of sp³-hybridized carbons (Fsp3) is 0.435. The summed E-state index contributed by atoms with van der Waals surface area (Å²) in [6.45, 7) is 2.94. The molecule has 176 valence electrons. The third-order valence-electron chi connectivity index (χ3n) is 5.98. The summed E-state index contributed by atoms with van der Waals surface area (Å²) in [5.41, 5.74) is 8.29. The van der Waals surface area contributed by atoms with Gasteiger partial charge >= 0.3 is 0 Å². The molecule has 3 heterocycles. The lowest BCUT2D eigenvalue weighted by Gasteiger charge is -2.35. The second-order valence-electron chi connectivity index (χ2n) is 8.08. The molecule has 3 N–H and O–H groups in total. The first-order valence-electron chi connectivity index (χ1n) is 11.0. The van der Waals surface area contributed by atoms with Crippen molar-refractivity contribution in [1.82, 2.24) is 14.3 Å². The first-order valence-corrected chi connectivity index (χ1v) is 12.1. The third-order valence-corrected chi connectivity index (χ3v) is 6.81. The second kappa shape index (κ2) is 10.5. The van der Waals surface area contributed by atoms with E-state index in [4.69, 9.17) is 25.8 Å². The van der Waals surface area contributed by atoms with Gasteiger partial charge in [0.2, 0.25) is 0 Å². The monoisotopic (exact) mass is 474 g/mol. The van der Waals surface area contributed by atoms with Gasteiger partial charge in [-0.05, 0) is 24.6 Å². The van der Waals surface area contributed by atoms with E-state index < -0.39 is 11.6 Å². The predicted molar refractivity (Wildman–Crippen MR) is 127 cm³/mol. The van der Waals surface area contributed by atoms with E-state index in [-0.39, 0.29) is 17.8 Å². The van der Waals surface area contributed by atoms with Crippen LogP contribution in [0.4, 0.5) is 14.6 Å². The van der Waals surface area contributed by atoms with Gasteiger partial charge in [0.15, 0.2) is 17.4 Å². The topological polar surface area (TPSA) is 91.4 Å². The molecule has 0 spiro atoms. The van der Waals surface area contributed by atoms with Gasteiger partial charge in [-0.3, -0.25) is 0 Å². The molecule has 0 aliphatic carbocycles. The van der Waals surface area contributed by atoms with E-state index in [1.807, 2.05) is 0 Å². The molecule has 1 unspecified atom stereocenters. The number of ether oxygens (including phenoxy) is 1. The van der Waals surface area contributed by atoms with Crippen LogP contribution in [-0.2, 0) is 13.0 Å². The maximum atomic E-state index is 14.0. The van der Waals surface area contributed by atoms with Crippen molar-refractivity contribution in [3.05, 3.63) is 59.2 Å². The summed E-state index contributed by atoms with van der Waals surface area (Å²) >= 11 is 1.69. The normalized spacial score (nSPS) is 18.3. The summed E-state index contributed by atoms with van der Waals surface area (Å²) in [5, 5.41) is 7.90. The van der Waals surface area contributed by atoms with Gasteiger partial charge in [0, 0.05) is 51.2 Å². The van der Waals surface area contributed by atoms with E-state index in [9.17, 15) is 8.78 Å². The Kier molecular flexibility index (Phi) is 7.44. The molecule has 1 aromatic heterocycles. The molecule has 1 aromatic carbocycles. The maximum Gasteiger partial charge on any atom is 0.167 e. The maximum absolute atomic E-state index is 14.0. The van der Waals surface area contributed by atoms with Gasteiger partial charge in [0.25, 0.3) is 0 Å². The average Bonchev–Trinajstić information content (AvgIpc) is 2.83. The van der Waals surface area contributed by atoms with Crippen LogP contribution >= 0.6 is 11.9 Å². The standard InChI is InChI=1S/C23H28F2N6OS/c1-33-31-11-7-19-20(14-31)28-22(15(13-27)4-8-26)23(29-19)30-9-5-17(6-10-30)32-21-3-2-16(24)12-18(21)25/h2-4,8,12-13,15,17,27H,5-7,9-11,14,26H2,1H3. The van der Waals surface area contributed by atoms with Crippen LogP contribution in [0, 0.1) is 17.0 Å². The van der Waals surface area contributed by atoms with Gasteiger partial charge in [-0.25, -0.2) is 23.1 Å². The van der Waals surface area contributed by atoms with E-state index in [2.05, 4.69) is 15.5 Å². The number of piperidine rings is 1. The van der Waals surface area contributed by atoms with Crippen LogP contribution in [-0.4, -0.2) is 52.5 Å². The first kappa shape index (κ1) is 23.4. The number of benzene rings is 1. The van der Waals surface area contributed by atoms with E-state index in [1.54, 1.807) is 18.0 Å². The highest BCUT2D eigenvalue weighted by atomic mass is 32.2. The number of aromatic nitrogens is 2. The van der Waals surface area contributed by atoms with Gasteiger partial charge in [0.05, 0.1) is 29.5 Å². The van der Waals surface area contributed by atoms with Crippen molar-refractivity contribution in [3.8, 4) is 5.75 Å². The van der Waals surface area contributed by atoms with Gasteiger partial charge < -0.3 is 20.8 Å². The van der Waals surface area contributed by atoms with E-state index in [1.165, 1.54) is 24.5 Å². The Morgan fingerprint density at radius 2 is 2.00 bits per heavy atom. The number of anilines is 1. The molecule has 2 aliphatic rings. The Hall–Kier alpha value is -2.72. The lowest BCUT2D eigenvalue weighted by molar-refractivity contribution is 0.163. The molecule has 1 atom stereocenters. The SMILES string of the molecule is CSN1CCc2nc(N3CCC(Oc4ccc(F)cc4F)CC3)c(C(C=N)C=CN)nc2C1. The molecule has 2 aliphatic heterocycles. The Morgan fingerprint density at radius 3 is 2.67 bits per heavy atom. The minimum Gasteiger partial charge on any atom is -0.487 e. The molecule has 4 rings (SSSR count). The number of rotatable bonds is 7. The number of nitrogens with one attached hydrogen (secondary N) is 1. The molecular formula is C23H28F2N6OS. The van der Waals surface area contributed by atoms with Gasteiger partial charge in [0.1, 0.15) is 11.9 Å². The Bertz CT molecular complexity index is 1030. The fourth-order valence-corrected chi connectivity index (χ4v) is 4.73. The van der Waals surface area contributed by atoms with E-state index >= 15 is 0 Å². The van der Waals surface area contributed by atoms with E-state index in [0.717, 1.165) is 41.9 Å². The zero-order valence-electron chi connectivity index (χ0n) is 18.5. The highest BCUT2D eigenvalue weighted by molar-refractivity contribution is 7.96. The molecule has 2 aromatic rings. The molecule has 33 heavy (non-hydrogen) atoms. The van der Waals surface area contributed by atoms with Crippen LogP contribution in [0.1, 0.15) is 35.8 Å². The summed E-state index contributed by atoms with van der Waals surface area (Å²) in [4.78, 5) is 12.1. The Labute approximate surface area is 196 Å². The zero-order valence-corrected chi connectivity index (χ0v) is 19.3. The molecule has 0 bridgehead atoms. The van der Waals surface area contributed by atoms with Crippen molar-refractivity contribution >= 4 is 24.0 Å². The average molecular weight is 475 g/mol. The Morgan fingerprint density at radius 1 is 1.21 bits per heavy atom. The predicted octanol–water partition coefficient (Wildman–Crippen LogP) is 3.64. The lowest BCUT2D eigenvalue weighted by atomic mass is 10.0. The number of hydrogen-bond acceptors (Lipinski definition) is 8. The molecule has 0 radical (unpaired) electrons.